The summed E-state index contributed by atoms with van der Waals surface area (Å²) < 4.78 is 0. The average molecular weight is 278 g/mol. The third-order valence-electron chi connectivity index (χ3n) is 0. The largest absolute Gasteiger partial charge is 1.00 e. The van der Waals surface area contributed by atoms with Crippen LogP contribution in [0.15, 0.2) is 0 Å². The van der Waals surface area contributed by atoms with Gasteiger partial charge in [-0.2, -0.15) is 0 Å². The van der Waals surface area contributed by atoms with Crippen LogP contribution in [0.1, 0.15) is 0 Å². The Morgan fingerprint density at radius 2 is 1.60 bits per heavy atom. The number of nitriles is 1. The van der Waals surface area contributed by atoms with Crippen LogP contribution in [0.5, 0.6) is 0 Å². The van der Waals surface area contributed by atoms with E-state index in [4.69, 9.17) is 10.4 Å². The minimum atomic E-state index is 0. The Labute approximate surface area is 88.5 Å². The third-order valence-corrected chi connectivity index (χ3v) is 0. The summed E-state index contributed by atoms with van der Waals surface area (Å²) in [5.74, 6) is 0. The van der Waals surface area contributed by atoms with E-state index in [1.807, 2.05) is 0 Å². The fourth-order valence-corrected chi connectivity index (χ4v) is 0. The second-order valence-electron chi connectivity index (χ2n) is 0.0913. The summed E-state index contributed by atoms with van der Waals surface area (Å²) in [4.78, 5) is 0. The van der Waals surface area contributed by atoms with Gasteiger partial charge in [0.25, 0.3) is 0 Å². The maximum absolute atomic E-state index is 8.24. The Morgan fingerprint density at radius 1 is 1.60 bits per heavy atom. The van der Waals surface area contributed by atoms with Gasteiger partial charge in [0.1, 0.15) is 0 Å². The molecule has 0 saturated carbocycles. The molecule has 0 unspecified atom stereocenters. The Bertz CT molecular complexity index is 33.1. The molecule has 0 spiro atoms. The first-order chi connectivity index (χ1) is 1.41. The van der Waals surface area contributed by atoms with Crippen LogP contribution in [0.3, 0.4) is 0 Å². The predicted molar refractivity (Wildman–Crippen MR) is 5.61 cm³/mol. The fourth-order valence-electron chi connectivity index (χ4n) is 0. The molecular formula is CAuKNO. The van der Waals surface area contributed by atoms with E-state index in [2.05, 4.69) is 0 Å². The van der Waals surface area contributed by atoms with Crippen LogP contribution in [0, 0.1) is 11.5 Å². The van der Waals surface area contributed by atoms with E-state index >= 15 is 0 Å². The van der Waals surface area contributed by atoms with Crippen LogP contribution in [0.4, 0.5) is 0 Å². The van der Waals surface area contributed by atoms with Gasteiger partial charge in [-0.05, 0) is 0 Å². The van der Waals surface area contributed by atoms with Crippen LogP contribution in [0.2, 0.25) is 0 Å². The van der Waals surface area contributed by atoms with Gasteiger partial charge in [-0.15, -0.1) is 0 Å². The van der Waals surface area contributed by atoms with Crippen molar-refractivity contribution in [3.63, 3.8) is 0 Å². The molecule has 0 amide bonds. The molecule has 0 heterocycles. The summed E-state index contributed by atoms with van der Waals surface area (Å²) in [6, 6.07) is 0. The first-order valence-corrected chi connectivity index (χ1v) is 0.428. The SMILES string of the molecule is N#C[O-].[Au].[K+]. The van der Waals surface area contributed by atoms with E-state index in [1.54, 1.807) is 0 Å². The third kappa shape index (κ3) is 27.4. The summed E-state index contributed by atoms with van der Waals surface area (Å²) in [6.07, 6.45) is 0.500. The van der Waals surface area contributed by atoms with Gasteiger partial charge in [0.2, 0.25) is 0 Å². The van der Waals surface area contributed by atoms with Crippen molar-refractivity contribution in [1.82, 2.24) is 0 Å². The second kappa shape index (κ2) is 17.4. The van der Waals surface area contributed by atoms with E-state index in [-0.39, 0.29) is 73.8 Å². The van der Waals surface area contributed by atoms with Crippen molar-refractivity contribution in [2.24, 2.45) is 0 Å². The van der Waals surface area contributed by atoms with Gasteiger partial charge in [-0.1, -0.05) is 0 Å². The Hall–Kier alpha value is 1.67. The second-order valence-corrected chi connectivity index (χ2v) is 0.0913. The molecule has 4 heteroatoms. The minimum Gasteiger partial charge on any atom is -0.812 e. The van der Waals surface area contributed by atoms with Gasteiger partial charge < -0.3 is 5.11 Å². The van der Waals surface area contributed by atoms with Gasteiger partial charge in [-0.25, -0.2) is 5.26 Å². The average Bonchev–Trinajstić information content (AvgIpc) is 0.918. The normalized spacial score (nSPS) is 1.40. The zero-order chi connectivity index (χ0) is 2.71. The molecule has 0 atom stereocenters. The van der Waals surface area contributed by atoms with E-state index < -0.39 is 0 Å². The molecule has 0 bridgehead atoms. The fraction of sp³-hybridized carbons (Fsp3) is 0. The monoisotopic (exact) mass is 278 g/mol. The molecular weight excluding hydrogens is 278 g/mol. The summed E-state index contributed by atoms with van der Waals surface area (Å²) in [5.41, 5.74) is 0. The molecule has 0 N–H and O–H groups in total. The first-order valence-electron chi connectivity index (χ1n) is 0.428. The van der Waals surface area contributed by atoms with Gasteiger partial charge in [0, 0.05) is 28.6 Å². The van der Waals surface area contributed by atoms with Crippen molar-refractivity contribution in [1.29, 1.82) is 5.26 Å². The van der Waals surface area contributed by atoms with Crippen LogP contribution in [-0.2, 0) is 22.4 Å². The minimum absolute atomic E-state index is 0. The molecule has 0 aliphatic rings. The van der Waals surface area contributed by atoms with Crippen LogP contribution in [-0.4, -0.2) is 0 Å². The quantitative estimate of drug-likeness (QED) is 0.333. The van der Waals surface area contributed by atoms with E-state index in [1.165, 1.54) is 0 Å². The summed E-state index contributed by atoms with van der Waals surface area (Å²) in [6.45, 7) is 0. The molecule has 0 aromatic carbocycles. The number of hydrogen-bond acceptors (Lipinski definition) is 2. The molecule has 0 aromatic rings. The van der Waals surface area contributed by atoms with Crippen molar-refractivity contribution in [3.05, 3.63) is 0 Å². The van der Waals surface area contributed by atoms with Crippen LogP contribution >= 0.6 is 0 Å². The van der Waals surface area contributed by atoms with Crippen molar-refractivity contribution < 1.29 is 78.9 Å². The van der Waals surface area contributed by atoms with E-state index in [9.17, 15) is 0 Å². The topological polar surface area (TPSA) is 46.8 Å². The van der Waals surface area contributed by atoms with Gasteiger partial charge in [-0.3, -0.25) is 0 Å². The first kappa shape index (κ1) is 15.9. The summed E-state index contributed by atoms with van der Waals surface area (Å²) >= 11 is 0. The standard InChI is InChI=1S/CHNO.Au.K/c2-1-3;;/h3H;;/q;;+1/p-1. The maximum Gasteiger partial charge on any atom is 1.00 e. The van der Waals surface area contributed by atoms with Crippen LogP contribution < -0.4 is 56.5 Å². The molecule has 1 radical (unpaired) electrons. The Kier molecular flexibility index (Phi) is 55.3. The molecule has 0 aliphatic heterocycles. The van der Waals surface area contributed by atoms with Crippen molar-refractivity contribution >= 4 is 0 Å². The zero-order valence-electron chi connectivity index (χ0n) is 2.66. The number of rotatable bonds is 0. The maximum atomic E-state index is 8.24. The summed E-state index contributed by atoms with van der Waals surface area (Å²) in [5, 5.41) is 15.0. The summed E-state index contributed by atoms with van der Waals surface area (Å²) in [7, 11) is 0. The van der Waals surface area contributed by atoms with Gasteiger partial charge in [0.05, 0.1) is 0 Å². The molecule has 0 saturated heterocycles. The number of hydrogen-bond donors (Lipinski definition) is 0. The molecule has 0 aliphatic carbocycles. The van der Waals surface area contributed by atoms with Crippen LogP contribution in [0.25, 0.3) is 0 Å². The Balaban J connectivity index is -0.0000000200. The van der Waals surface area contributed by atoms with Gasteiger partial charge in [0.15, 0.2) is 0 Å². The molecule has 0 fully saturated rings. The van der Waals surface area contributed by atoms with Gasteiger partial charge >= 0.3 is 51.4 Å². The number of nitrogens with zero attached hydrogens (tertiary/aromatic N) is 1. The molecule has 0 rings (SSSR count). The van der Waals surface area contributed by atoms with Crippen molar-refractivity contribution in [2.75, 3.05) is 0 Å². The molecule has 5 heavy (non-hydrogen) atoms. The molecule has 0 aromatic heterocycles. The van der Waals surface area contributed by atoms with E-state index in [0.29, 0.717) is 6.26 Å². The van der Waals surface area contributed by atoms with Crippen molar-refractivity contribution in [3.8, 4) is 6.26 Å². The van der Waals surface area contributed by atoms with E-state index in [0.717, 1.165) is 0 Å². The molecule has 2 nitrogen and oxygen atoms in total. The zero-order valence-corrected chi connectivity index (χ0v) is 7.95. The van der Waals surface area contributed by atoms with Crippen molar-refractivity contribution in [2.45, 2.75) is 0 Å². The Morgan fingerprint density at radius 3 is 1.60 bits per heavy atom. The smallest absolute Gasteiger partial charge is 0.812 e. The molecule has 27 valence electrons. The predicted octanol–water partition coefficient (Wildman–Crippen LogP) is -4.17.